The Bertz CT molecular complexity index is 1160. The lowest BCUT2D eigenvalue weighted by atomic mass is 9.92. The molecule has 3 aromatic rings. The lowest BCUT2D eigenvalue weighted by Crippen LogP contribution is -2.43. The van der Waals surface area contributed by atoms with Crippen molar-refractivity contribution in [2.24, 2.45) is 5.41 Å². The smallest absolute Gasteiger partial charge is 0.460 e. The molecule has 0 amide bonds. The van der Waals surface area contributed by atoms with E-state index in [4.69, 9.17) is 4.74 Å². The highest BCUT2D eigenvalue weighted by atomic mass is 79.9. The Balaban J connectivity index is 2.12. The van der Waals surface area contributed by atoms with E-state index in [1.807, 2.05) is 0 Å². The van der Waals surface area contributed by atoms with Crippen LogP contribution in [0.4, 0.5) is 8.78 Å². The molecule has 5 nitrogen and oxygen atoms in total. The van der Waals surface area contributed by atoms with Crippen LogP contribution in [0.2, 0.25) is 0 Å². The number of carbonyl (C=O) groups excluding carboxylic acids is 1. The average Bonchev–Trinajstić information content (AvgIpc) is 2.87. The van der Waals surface area contributed by atoms with Gasteiger partial charge in [-0.15, -0.1) is 8.42 Å². The summed E-state index contributed by atoms with van der Waals surface area (Å²) in [5.41, 5.74) is -0.622. The summed E-state index contributed by atoms with van der Waals surface area (Å²) in [6.45, 7) is 3.10. The summed E-state index contributed by atoms with van der Waals surface area (Å²) in [6.07, 6.45) is 0.534. The predicted molar refractivity (Wildman–Crippen MR) is 141 cm³/mol. The second kappa shape index (κ2) is 11.4. The molecule has 0 spiro atoms. The maximum absolute atomic E-state index is 15.3. The molecule has 10 heteroatoms. The standard InChI is InChI=1S/C26H27BrF2O5S2/c1-25(2,18-19-27)20-33-24(30)26(28,29)36(31,32)34-35(21-12-6-3-7-13-21,22-14-8-4-9-15-22)23-16-10-5-11-17-23/h3-17H,18-20H2,1-2H3/p+1. The fourth-order valence-electron chi connectivity index (χ4n) is 3.36. The van der Waals surface area contributed by atoms with Gasteiger partial charge in [0.1, 0.15) is 0 Å². The third-order valence-electron chi connectivity index (χ3n) is 5.39. The number of carbonyl (C=O) groups is 1. The number of alkyl halides is 3. The van der Waals surface area contributed by atoms with Gasteiger partial charge < -0.3 is 4.74 Å². The fraction of sp³-hybridized carbons (Fsp3) is 0.269. The van der Waals surface area contributed by atoms with Gasteiger partial charge in [-0.25, -0.2) is 4.79 Å². The highest BCUT2D eigenvalue weighted by Gasteiger charge is 2.63. The van der Waals surface area contributed by atoms with Gasteiger partial charge in [0.25, 0.3) is 0 Å². The first-order valence-electron chi connectivity index (χ1n) is 11.0. The Morgan fingerprint density at radius 2 is 1.22 bits per heavy atom. The van der Waals surface area contributed by atoms with Gasteiger partial charge in [-0.05, 0) is 48.2 Å². The number of rotatable bonds is 11. The van der Waals surface area contributed by atoms with Crippen LogP contribution in [0.15, 0.2) is 106 Å². The molecule has 3 rings (SSSR count). The molecule has 0 aliphatic rings. The number of hydrogen-bond donors (Lipinski definition) is 0. The molecule has 0 bridgehead atoms. The zero-order valence-corrected chi connectivity index (χ0v) is 23.0. The summed E-state index contributed by atoms with van der Waals surface area (Å²) in [5.74, 6) is -2.14. The molecule has 194 valence electrons. The minimum absolute atomic E-state index is 0.364. The van der Waals surface area contributed by atoms with E-state index < -0.39 is 37.1 Å². The lowest BCUT2D eigenvalue weighted by Gasteiger charge is -2.35. The topological polar surface area (TPSA) is 73.2 Å². The Labute approximate surface area is 220 Å². The van der Waals surface area contributed by atoms with Gasteiger partial charge >= 0.3 is 21.3 Å². The summed E-state index contributed by atoms with van der Waals surface area (Å²) < 4.78 is 65.8. The number of esters is 1. The van der Waals surface area contributed by atoms with E-state index in [-0.39, 0.29) is 6.61 Å². The van der Waals surface area contributed by atoms with Gasteiger partial charge in [0.05, 0.1) is 31.6 Å². The van der Waals surface area contributed by atoms with Crippen LogP contribution in [0.1, 0.15) is 20.3 Å². The molecule has 0 aliphatic carbocycles. The van der Waals surface area contributed by atoms with Crippen LogP contribution in [-0.2, 0) is 19.6 Å². The Morgan fingerprint density at radius 1 is 0.833 bits per heavy atom. The van der Waals surface area contributed by atoms with Gasteiger partial charge in [0.2, 0.25) is 0 Å². The molecule has 0 radical (unpaired) electrons. The molecule has 0 saturated heterocycles. The third-order valence-corrected chi connectivity index (χ3v) is 11.1. The van der Waals surface area contributed by atoms with E-state index in [1.165, 1.54) is 0 Å². The Kier molecular flexibility index (Phi) is 8.97. The second-order valence-electron chi connectivity index (χ2n) is 8.76. The van der Waals surface area contributed by atoms with Crippen LogP contribution in [0.3, 0.4) is 0 Å². The van der Waals surface area contributed by atoms with E-state index in [1.54, 1.807) is 105 Å². The first-order valence-corrected chi connectivity index (χ1v) is 15.2. The van der Waals surface area contributed by atoms with Crippen LogP contribution >= 0.6 is 26.2 Å². The molecule has 0 aliphatic heterocycles. The summed E-state index contributed by atoms with van der Waals surface area (Å²) >= 11 is 3.27. The number of benzene rings is 3. The van der Waals surface area contributed by atoms with Crippen molar-refractivity contribution >= 4 is 42.3 Å². The second-order valence-corrected chi connectivity index (χ2v) is 14.2. The molecule has 0 unspecified atom stereocenters. The Hall–Kier alpha value is -2.27. The summed E-state index contributed by atoms with van der Waals surface area (Å²) in [7, 11) is -8.81. The minimum atomic E-state index is -5.70. The highest BCUT2D eigenvalue weighted by molar-refractivity contribution is 9.09. The van der Waals surface area contributed by atoms with E-state index in [0.29, 0.717) is 26.4 Å². The summed E-state index contributed by atoms with van der Waals surface area (Å²) in [4.78, 5) is 13.7. The van der Waals surface area contributed by atoms with Crippen molar-refractivity contribution in [1.29, 1.82) is 0 Å². The normalized spacial score (nSPS) is 13.2. The van der Waals surface area contributed by atoms with Crippen molar-refractivity contribution in [3.8, 4) is 0 Å². The van der Waals surface area contributed by atoms with Crippen LogP contribution in [0.5, 0.6) is 0 Å². The first-order chi connectivity index (χ1) is 17.0. The van der Waals surface area contributed by atoms with Gasteiger partial charge in [-0.2, -0.15) is 8.78 Å². The molecular weight excluding hydrogens is 574 g/mol. The van der Waals surface area contributed by atoms with E-state index >= 15 is 8.78 Å². The first kappa shape index (κ1) is 28.3. The van der Waals surface area contributed by atoms with Gasteiger partial charge in [-0.3, -0.25) is 3.63 Å². The maximum atomic E-state index is 15.3. The Morgan fingerprint density at radius 3 is 1.58 bits per heavy atom. The van der Waals surface area contributed by atoms with Crippen molar-refractivity contribution in [1.82, 2.24) is 0 Å². The molecule has 0 atom stereocenters. The van der Waals surface area contributed by atoms with Crippen LogP contribution in [-0.4, -0.2) is 35.2 Å². The van der Waals surface area contributed by atoms with Gasteiger partial charge in [-0.1, -0.05) is 84.4 Å². The summed E-state index contributed by atoms with van der Waals surface area (Å²) in [5, 5.41) is -4.31. The summed E-state index contributed by atoms with van der Waals surface area (Å²) in [6, 6.07) is 25.2. The van der Waals surface area contributed by atoms with Crippen molar-refractivity contribution in [3.05, 3.63) is 91.0 Å². The molecule has 0 aromatic heterocycles. The zero-order valence-electron chi connectivity index (χ0n) is 19.8. The highest BCUT2D eigenvalue weighted by Crippen LogP contribution is 2.68. The molecule has 0 fully saturated rings. The molecule has 0 heterocycles. The van der Waals surface area contributed by atoms with Crippen LogP contribution in [0.25, 0.3) is 0 Å². The number of hydrogen-bond acceptors (Lipinski definition) is 4. The van der Waals surface area contributed by atoms with Crippen molar-refractivity contribution in [2.75, 3.05) is 11.9 Å². The van der Waals surface area contributed by atoms with E-state index in [2.05, 4.69) is 19.6 Å². The average molecular weight is 603 g/mol. The lowest BCUT2D eigenvalue weighted by molar-refractivity contribution is -0.164. The van der Waals surface area contributed by atoms with Crippen molar-refractivity contribution in [2.45, 2.75) is 40.2 Å². The molecule has 36 heavy (non-hydrogen) atoms. The molecule has 1 N–H and O–H groups in total. The van der Waals surface area contributed by atoms with Crippen LogP contribution in [0, 0.1) is 5.41 Å². The molecule has 0 saturated carbocycles. The van der Waals surface area contributed by atoms with Crippen molar-refractivity contribution in [3.63, 3.8) is 0 Å². The number of ether oxygens (including phenoxy) is 1. The predicted octanol–water partition coefficient (Wildman–Crippen LogP) is 7.25. The zero-order chi connectivity index (χ0) is 26.5. The largest absolute Gasteiger partial charge is 0.514 e. The number of halogens is 3. The maximum Gasteiger partial charge on any atom is 0.514 e. The molecule has 3 aromatic carbocycles. The van der Waals surface area contributed by atoms with Crippen molar-refractivity contribution < 1.29 is 30.4 Å². The fourth-order valence-corrected chi connectivity index (χ4v) is 9.76. The molecular formula is C26H28BrF2O5S2+. The third kappa shape index (κ3) is 5.99. The van der Waals surface area contributed by atoms with Gasteiger partial charge in [0, 0.05) is 5.33 Å². The quantitative estimate of drug-likeness (QED) is 0.100. The monoisotopic (exact) mass is 601 g/mol. The van der Waals surface area contributed by atoms with Gasteiger partial charge in [0.15, 0.2) is 0 Å². The SMILES string of the molecule is CC(C)(CCBr)COC(=O)C(F)(F)S(=O)(=O)[OH+]S(c1ccccc1)(c1ccccc1)c1ccccc1. The van der Waals surface area contributed by atoms with E-state index in [0.717, 1.165) is 0 Å². The minimum Gasteiger partial charge on any atom is -0.460 e. The van der Waals surface area contributed by atoms with Crippen LogP contribution < -0.4 is 0 Å². The van der Waals surface area contributed by atoms with E-state index in [9.17, 15) is 13.2 Å².